The van der Waals surface area contributed by atoms with Gasteiger partial charge in [-0.25, -0.2) is 0 Å². The molecular formula is C15H32N2O2. The molecule has 4 nitrogen and oxygen atoms in total. The Hall–Kier alpha value is -0.160. The van der Waals surface area contributed by atoms with Crippen LogP contribution in [-0.2, 0) is 9.47 Å². The summed E-state index contributed by atoms with van der Waals surface area (Å²) in [5, 5.41) is 7.25. The fourth-order valence-corrected chi connectivity index (χ4v) is 2.58. The van der Waals surface area contributed by atoms with Gasteiger partial charge in [-0.15, -0.1) is 0 Å². The highest BCUT2D eigenvalue weighted by atomic mass is 16.5. The van der Waals surface area contributed by atoms with Crippen molar-refractivity contribution in [1.29, 1.82) is 0 Å². The van der Waals surface area contributed by atoms with Crippen LogP contribution in [0.15, 0.2) is 0 Å². The molecule has 19 heavy (non-hydrogen) atoms. The second-order valence-corrected chi connectivity index (χ2v) is 5.55. The van der Waals surface area contributed by atoms with Crippen molar-refractivity contribution < 1.29 is 9.47 Å². The molecule has 0 aromatic rings. The predicted octanol–water partition coefficient (Wildman–Crippen LogP) is 1.94. The van der Waals surface area contributed by atoms with Crippen LogP contribution in [0, 0.1) is 0 Å². The van der Waals surface area contributed by atoms with Gasteiger partial charge in [0.05, 0.1) is 13.2 Å². The number of hydrogen-bond donors (Lipinski definition) is 2. The minimum Gasteiger partial charge on any atom is -0.382 e. The molecule has 2 unspecified atom stereocenters. The first-order valence-corrected chi connectivity index (χ1v) is 7.86. The van der Waals surface area contributed by atoms with E-state index in [1.54, 1.807) is 7.11 Å². The third-order valence-electron chi connectivity index (χ3n) is 3.69. The summed E-state index contributed by atoms with van der Waals surface area (Å²) in [6, 6.07) is 1.30. The van der Waals surface area contributed by atoms with Crippen molar-refractivity contribution in [1.82, 2.24) is 10.6 Å². The molecule has 1 saturated heterocycles. The van der Waals surface area contributed by atoms with Crippen molar-refractivity contribution in [2.24, 2.45) is 0 Å². The first-order valence-electron chi connectivity index (χ1n) is 7.86. The van der Waals surface area contributed by atoms with Gasteiger partial charge in [0.15, 0.2) is 0 Å². The van der Waals surface area contributed by atoms with Gasteiger partial charge in [-0.3, -0.25) is 0 Å². The molecule has 1 aliphatic heterocycles. The van der Waals surface area contributed by atoms with E-state index in [-0.39, 0.29) is 0 Å². The highest BCUT2D eigenvalue weighted by Gasteiger charge is 2.14. The summed E-state index contributed by atoms with van der Waals surface area (Å²) in [5.41, 5.74) is 0. The third kappa shape index (κ3) is 9.38. The Morgan fingerprint density at radius 3 is 2.95 bits per heavy atom. The number of rotatable bonds is 10. The summed E-state index contributed by atoms with van der Waals surface area (Å²) in [5.74, 6) is 0. The Bertz CT molecular complexity index is 195. The van der Waals surface area contributed by atoms with Crippen LogP contribution >= 0.6 is 0 Å². The van der Waals surface area contributed by atoms with Crippen molar-refractivity contribution >= 4 is 0 Å². The van der Waals surface area contributed by atoms with E-state index in [1.807, 2.05) is 0 Å². The predicted molar refractivity (Wildman–Crippen MR) is 79.7 cm³/mol. The molecular weight excluding hydrogens is 240 g/mol. The Balaban J connectivity index is 1.93. The zero-order valence-electron chi connectivity index (χ0n) is 12.7. The molecule has 2 atom stereocenters. The van der Waals surface area contributed by atoms with E-state index in [4.69, 9.17) is 9.47 Å². The lowest BCUT2D eigenvalue weighted by molar-refractivity contribution is 0.0692. The molecule has 0 bridgehead atoms. The molecule has 1 heterocycles. The lowest BCUT2D eigenvalue weighted by Crippen LogP contribution is -2.37. The quantitative estimate of drug-likeness (QED) is 0.597. The zero-order chi connectivity index (χ0) is 13.8. The Kier molecular flexibility index (Phi) is 10.4. The van der Waals surface area contributed by atoms with Gasteiger partial charge in [-0.05, 0) is 45.7 Å². The standard InChI is InChI=1S/C15H32N2O2/c1-14(13-15-7-4-3-5-8-17-15)16-9-6-10-19-12-11-18-2/h14-17H,3-13H2,1-2H3. The minimum absolute atomic E-state index is 0.592. The van der Waals surface area contributed by atoms with Gasteiger partial charge >= 0.3 is 0 Å². The summed E-state index contributed by atoms with van der Waals surface area (Å²) in [7, 11) is 1.70. The Morgan fingerprint density at radius 2 is 2.11 bits per heavy atom. The molecule has 0 aromatic carbocycles. The van der Waals surface area contributed by atoms with E-state index >= 15 is 0 Å². The van der Waals surface area contributed by atoms with Crippen molar-refractivity contribution in [3.8, 4) is 0 Å². The Labute approximate surface area is 118 Å². The molecule has 1 rings (SSSR count). The molecule has 0 radical (unpaired) electrons. The van der Waals surface area contributed by atoms with E-state index in [0.29, 0.717) is 25.3 Å². The van der Waals surface area contributed by atoms with E-state index in [1.165, 1.54) is 38.6 Å². The van der Waals surface area contributed by atoms with Crippen LogP contribution in [0.5, 0.6) is 0 Å². The molecule has 4 heteroatoms. The van der Waals surface area contributed by atoms with Crippen LogP contribution < -0.4 is 10.6 Å². The monoisotopic (exact) mass is 272 g/mol. The molecule has 0 spiro atoms. The second kappa shape index (κ2) is 11.6. The first kappa shape index (κ1) is 16.9. The maximum Gasteiger partial charge on any atom is 0.0700 e. The molecule has 0 aliphatic carbocycles. The summed E-state index contributed by atoms with van der Waals surface area (Å²) in [4.78, 5) is 0. The lowest BCUT2D eigenvalue weighted by Gasteiger charge is -2.21. The average Bonchev–Trinajstić information content (AvgIpc) is 2.66. The minimum atomic E-state index is 0.592. The van der Waals surface area contributed by atoms with Crippen molar-refractivity contribution in [3.05, 3.63) is 0 Å². The maximum atomic E-state index is 5.45. The van der Waals surface area contributed by atoms with Gasteiger partial charge in [-0.2, -0.15) is 0 Å². The molecule has 1 aliphatic rings. The highest BCUT2D eigenvalue weighted by Crippen LogP contribution is 2.12. The fraction of sp³-hybridized carbons (Fsp3) is 1.00. The summed E-state index contributed by atoms with van der Waals surface area (Å²) < 4.78 is 10.4. The number of methoxy groups -OCH3 is 1. The van der Waals surface area contributed by atoms with Crippen LogP contribution in [0.25, 0.3) is 0 Å². The van der Waals surface area contributed by atoms with Gasteiger partial charge < -0.3 is 20.1 Å². The van der Waals surface area contributed by atoms with Crippen molar-refractivity contribution in [3.63, 3.8) is 0 Å². The largest absolute Gasteiger partial charge is 0.382 e. The Morgan fingerprint density at radius 1 is 1.21 bits per heavy atom. The maximum absolute atomic E-state index is 5.45. The summed E-state index contributed by atoms with van der Waals surface area (Å²) >= 11 is 0. The number of nitrogens with one attached hydrogen (secondary N) is 2. The zero-order valence-corrected chi connectivity index (χ0v) is 12.7. The van der Waals surface area contributed by atoms with Crippen LogP contribution in [0.1, 0.15) is 45.4 Å². The first-order chi connectivity index (χ1) is 9.33. The third-order valence-corrected chi connectivity index (χ3v) is 3.69. The van der Waals surface area contributed by atoms with Crippen molar-refractivity contribution in [2.45, 2.75) is 57.5 Å². The van der Waals surface area contributed by atoms with Crippen LogP contribution in [0.3, 0.4) is 0 Å². The van der Waals surface area contributed by atoms with Gasteiger partial charge in [0.1, 0.15) is 0 Å². The van der Waals surface area contributed by atoms with E-state index < -0.39 is 0 Å². The van der Waals surface area contributed by atoms with E-state index in [0.717, 1.165) is 19.6 Å². The molecule has 0 aromatic heterocycles. The molecule has 1 fully saturated rings. The summed E-state index contributed by atoms with van der Waals surface area (Å²) in [6.07, 6.45) is 7.78. The summed E-state index contributed by atoms with van der Waals surface area (Å²) in [6.45, 7) is 6.75. The fourth-order valence-electron chi connectivity index (χ4n) is 2.58. The number of hydrogen-bond acceptors (Lipinski definition) is 4. The SMILES string of the molecule is COCCOCCCNC(C)CC1CCCCCN1. The molecule has 0 saturated carbocycles. The molecule has 114 valence electrons. The molecule has 0 amide bonds. The van der Waals surface area contributed by atoms with E-state index in [9.17, 15) is 0 Å². The van der Waals surface area contributed by atoms with Crippen LogP contribution in [0.4, 0.5) is 0 Å². The van der Waals surface area contributed by atoms with Gasteiger partial charge in [0, 0.05) is 25.8 Å². The van der Waals surface area contributed by atoms with Gasteiger partial charge in [0.25, 0.3) is 0 Å². The normalized spacial score (nSPS) is 22.1. The lowest BCUT2D eigenvalue weighted by atomic mass is 10.0. The topological polar surface area (TPSA) is 42.5 Å². The highest BCUT2D eigenvalue weighted by molar-refractivity contribution is 4.75. The average molecular weight is 272 g/mol. The smallest absolute Gasteiger partial charge is 0.0700 e. The second-order valence-electron chi connectivity index (χ2n) is 5.55. The van der Waals surface area contributed by atoms with Gasteiger partial charge in [-0.1, -0.05) is 12.8 Å². The number of ether oxygens (including phenoxy) is 2. The van der Waals surface area contributed by atoms with Crippen LogP contribution in [-0.4, -0.2) is 52.1 Å². The van der Waals surface area contributed by atoms with Gasteiger partial charge in [0.2, 0.25) is 0 Å². The van der Waals surface area contributed by atoms with E-state index in [2.05, 4.69) is 17.6 Å². The van der Waals surface area contributed by atoms with Crippen LogP contribution in [0.2, 0.25) is 0 Å². The molecule has 2 N–H and O–H groups in total. The van der Waals surface area contributed by atoms with Crippen molar-refractivity contribution in [2.75, 3.05) is 40.0 Å².